The number of hydrogen-bond acceptors (Lipinski definition) is 3. The molecule has 0 aliphatic carbocycles. The number of nitrogens with one attached hydrogen (secondary N) is 1. The fourth-order valence-electron chi connectivity index (χ4n) is 2.60. The van der Waals surface area contributed by atoms with E-state index >= 15 is 0 Å². The summed E-state index contributed by atoms with van der Waals surface area (Å²) >= 11 is 0. The molecular formula is C15H17N3O3. The average molecular weight is 287 g/mol. The summed E-state index contributed by atoms with van der Waals surface area (Å²) < 4.78 is 5.22. The summed E-state index contributed by atoms with van der Waals surface area (Å²) in [5.41, 5.74) is 1.55. The molecule has 21 heavy (non-hydrogen) atoms. The summed E-state index contributed by atoms with van der Waals surface area (Å²) in [6.45, 7) is 2.30. The summed E-state index contributed by atoms with van der Waals surface area (Å²) in [6.07, 6.45) is 2.57. The lowest BCUT2D eigenvalue weighted by Crippen LogP contribution is -2.48. The van der Waals surface area contributed by atoms with Gasteiger partial charge < -0.3 is 19.5 Å². The van der Waals surface area contributed by atoms with Crippen molar-refractivity contribution in [2.24, 2.45) is 0 Å². The molecule has 0 bridgehead atoms. The average Bonchev–Trinajstić information content (AvgIpc) is 2.97. The van der Waals surface area contributed by atoms with Crippen LogP contribution in [0.3, 0.4) is 0 Å². The van der Waals surface area contributed by atoms with Gasteiger partial charge in [-0.15, -0.1) is 0 Å². The van der Waals surface area contributed by atoms with Crippen molar-refractivity contribution < 1.29 is 14.3 Å². The summed E-state index contributed by atoms with van der Waals surface area (Å²) in [5, 5.41) is 0.858. The minimum atomic E-state index is -0.0138. The van der Waals surface area contributed by atoms with Crippen LogP contribution >= 0.6 is 0 Å². The summed E-state index contributed by atoms with van der Waals surface area (Å²) in [6, 6.07) is 5.62. The number of carbonyl (C=O) groups is 2. The van der Waals surface area contributed by atoms with Crippen LogP contribution in [0, 0.1) is 0 Å². The maximum atomic E-state index is 12.6. The van der Waals surface area contributed by atoms with Gasteiger partial charge in [-0.1, -0.05) is 0 Å². The van der Waals surface area contributed by atoms with E-state index in [0.29, 0.717) is 31.7 Å². The van der Waals surface area contributed by atoms with E-state index in [4.69, 9.17) is 4.74 Å². The third-order valence-corrected chi connectivity index (χ3v) is 3.87. The molecule has 1 N–H and O–H groups in total. The summed E-state index contributed by atoms with van der Waals surface area (Å²) in [5.74, 6) is 0.710. The molecule has 0 atom stereocenters. The van der Waals surface area contributed by atoms with Crippen molar-refractivity contribution in [3.8, 4) is 5.75 Å². The zero-order chi connectivity index (χ0) is 14.8. The number of piperazine rings is 1. The highest BCUT2D eigenvalue weighted by Gasteiger charge is 2.23. The minimum absolute atomic E-state index is 0.0138. The molecule has 6 nitrogen and oxygen atoms in total. The van der Waals surface area contributed by atoms with Crippen molar-refractivity contribution in [1.29, 1.82) is 0 Å². The Hall–Kier alpha value is -2.50. The molecule has 0 radical (unpaired) electrons. The second kappa shape index (κ2) is 5.47. The Kier molecular flexibility index (Phi) is 3.51. The van der Waals surface area contributed by atoms with Crippen molar-refractivity contribution >= 4 is 23.2 Å². The van der Waals surface area contributed by atoms with Gasteiger partial charge in [-0.3, -0.25) is 9.59 Å². The van der Waals surface area contributed by atoms with E-state index in [1.165, 1.54) is 0 Å². The smallest absolute Gasteiger partial charge is 0.256 e. The first-order chi connectivity index (χ1) is 10.2. The zero-order valence-corrected chi connectivity index (χ0v) is 11.8. The third kappa shape index (κ3) is 2.44. The maximum absolute atomic E-state index is 12.6. The van der Waals surface area contributed by atoms with Crippen molar-refractivity contribution in [3.05, 3.63) is 30.0 Å². The lowest BCUT2D eigenvalue weighted by atomic mass is 10.1. The Labute approximate surface area is 122 Å². The number of methoxy groups -OCH3 is 1. The molecule has 110 valence electrons. The van der Waals surface area contributed by atoms with Crippen LogP contribution in [0.15, 0.2) is 24.4 Å². The molecule has 0 saturated carbocycles. The predicted molar refractivity (Wildman–Crippen MR) is 78.4 cm³/mol. The van der Waals surface area contributed by atoms with Gasteiger partial charge in [-0.25, -0.2) is 0 Å². The normalized spacial score (nSPS) is 15.3. The lowest BCUT2D eigenvalue weighted by molar-refractivity contribution is -0.119. The fraction of sp³-hybridized carbons (Fsp3) is 0.333. The van der Waals surface area contributed by atoms with Crippen LogP contribution in [0.4, 0.5) is 0 Å². The van der Waals surface area contributed by atoms with Crippen molar-refractivity contribution in [3.63, 3.8) is 0 Å². The molecule has 6 heteroatoms. The molecule has 1 saturated heterocycles. The van der Waals surface area contributed by atoms with E-state index in [0.717, 1.165) is 23.1 Å². The Balaban J connectivity index is 1.86. The monoisotopic (exact) mass is 287 g/mol. The molecule has 0 unspecified atom stereocenters. The molecule has 2 amide bonds. The number of rotatable bonds is 3. The highest BCUT2D eigenvalue weighted by atomic mass is 16.5. The largest absolute Gasteiger partial charge is 0.497 e. The minimum Gasteiger partial charge on any atom is -0.497 e. The second-order valence-corrected chi connectivity index (χ2v) is 5.05. The SMILES string of the molecule is COc1ccc2[nH]cc(C(=O)N3CCN(C=O)CC3)c2c1. The van der Waals surface area contributed by atoms with E-state index in [-0.39, 0.29) is 5.91 Å². The van der Waals surface area contributed by atoms with Crippen molar-refractivity contribution in [2.75, 3.05) is 33.3 Å². The molecule has 0 spiro atoms. The second-order valence-electron chi connectivity index (χ2n) is 5.05. The van der Waals surface area contributed by atoms with Crippen molar-refractivity contribution in [2.45, 2.75) is 0 Å². The maximum Gasteiger partial charge on any atom is 0.256 e. The number of fused-ring (bicyclic) bond motifs is 1. The zero-order valence-electron chi connectivity index (χ0n) is 11.8. The lowest BCUT2D eigenvalue weighted by Gasteiger charge is -2.32. The molecule has 2 heterocycles. The van der Waals surface area contributed by atoms with Gasteiger partial charge in [0.15, 0.2) is 0 Å². The summed E-state index contributed by atoms with van der Waals surface area (Å²) in [4.78, 5) is 29.9. The third-order valence-electron chi connectivity index (χ3n) is 3.87. The Morgan fingerprint density at radius 3 is 2.71 bits per heavy atom. The predicted octanol–water partition coefficient (Wildman–Crippen LogP) is 1.09. The molecule has 1 aliphatic heterocycles. The van der Waals surface area contributed by atoms with Gasteiger partial charge in [0.25, 0.3) is 5.91 Å². The van der Waals surface area contributed by atoms with Crippen LogP contribution < -0.4 is 4.74 Å². The Morgan fingerprint density at radius 2 is 2.05 bits per heavy atom. The molecule has 2 aromatic rings. The number of aromatic amines is 1. The first-order valence-electron chi connectivity index (χ1n) is 6.86. The molecule has 1 aromatic heterocycles. The number of H-pyrrole nitrogens is 1. The van der Waals surface area contributed by atoms with E-state index in [1.807, 2.05) is 18.2 Å². The number of nitrogens with zero attached hydrogens (tertiary/aromatic N) is 2. The van der Waals surface area contributed by atoms with Crippen molar-refractivity contribution in [1.82, 2.24) is 14.8 Å². The highest BCUT2D eigenvalue weighted by Crippen LogP contribution is 2.24. The van der Waals surface area contributed by atoms with E-state index in [9.17, 15) is 9.59 Å². The Bertz CT molecular complexity index is 672. The molecule has 3 rings (SSSR count). The van der Waals surface area contributed by atoms with Crippen LogP contribution in [0.1, 0.15) is 10.4 Å². The number of amides is 2. The van der Waals surface area contributed by atoms with Gasteiger partial charge in [0.1, 0.15) is 5.75 Å². The van der Waals surface area contributed by atoms with Gasteiger partial charge >= 0.3 is 0 Å². The van der Waals surface area contributed by atoms with Gasteiger partial charge in [-0.05, 0) is 18.2 Å². The molecule has 1 aromatic carbocycles. The van der Waals surface area contributed by atoms with E-state index in [2.05, 4.69) is 4.98 Å². The number of hydrogen-bond donors (Lipinski definition) is 1. The summed E-state index contributed by atoms with van der Waals surface area (Å²) in [7, 11) is 1.61. The van der Waals surface area contributed by atoms with Gasteiger partial charge in [0.05, 0.1) is 12.7 Å². The van der Waals surface area contributed by atoms with Crippen LogP contribution in [0.5, 0.6) is 5.75 Å². The van der Waals surface area contributed by atoms with E-state index in [1.54, 1.807) is 23.1 Å². The van der Waals surface area contributed by atoms with Crippen LogP contribution in [0.25, 0.3) is 10.9 Å². The fourth-order valence-corrected chi connectivity index (χ4v) is 2.60. The number of ether oxygens (including phenoxy) is 1. The number of carbonyl (C=O) groups excluding carboxylic acids is 2. The standard InChI is InChI=1S/C15H17N3O3/c1-21-11-2-3-14-12(8-11)13(9-16-14)15(20)18-6-4-17(10-19)5-7-18/h2-3,8-10,16H,4-7H2,1H3. The molecular weight excluding hydrogens is 270 g/mol. The van der Waals surface area contributed by atoms with Crippen LogP contribution in [0.2, 0.25) is 0 Å². The first-order valence-corrected chi connectivity index (χ1v) is 6.86. The number of benzene rings is 1. The molecule has 1 fully saturated rings. The van der Waals surface area contributed by atoms with Gasteiger partial charge in [0, 0.05) is 43.3 Å². The van der Waals surface area contributed by atoms with Gasteiger partial charge in [-0.2, -0.15) is 0 Å². The topological polar surface area (TPSA) is 65.6 Å². The highest BCUT2D eigenvalue weighted by molar-refractivity contribution is 6.07. The van der Waals surface area contributed by atoms with Crippen LogP contribution in [-0.4, -0.2) is 60.4 Å². The van der Waals surface area contributed by atoms with E-state index < -0.39 is 0 Å². The van der Waals surface area contributed by atoms with Gasteiger partial charge in [0.2, 0.25) is 6.41 Å². The Morgan fingerprint density at radius 1 is 1.29 bits per heavy atom. The quantitative estimate of drug-likeness (QED) is 0.859. The van der Waals surface area contributed by atoms with Crippen LogP contribution in [-0.2, 0) is 4.79 Å². The number of aromatic nitrogens is 1. The molecule has 1 aliphatic rings. The first kappa shape index (κ1) is 13.5.